The number of ether oxygens (including phenoxy) is 4. The van der Waals surface area contributed by atoms with Gasteiger partial charge in [0.05, 0.1) is 26.9 Å². The van der Waals surface area contributed by atoms with Gasteiger partial charge >= 0.3 is 0 Å². The molecule has 6 heteroatoms. The summed E-state index contributed by atoms with van der Waals surface area (Å²) in [5.41, 5.74) is 4.09. The Hall–Kier alpha value is -2.89. The van der Waals surface area contributed by atoms with Crippen molar-refractivity contribution in [2.45, 2.75) is 24.9 Å². The SMILES string of the molecule is COc1cc(N[C@@H]2C[C@]3(OCc4ccccc43)Oc3ccc(Cl)cc32)cc(OC)c1. The average molecular weight is 424 g/mol. The van der Waals surface area contributed by atoms with Crippen molar-refractivity contribution in [3.63, 3.8) is 0 Å². The molecular weight excluding hydrogens is 402 g/mol. The lowest BCUT2D eigenvalue weighted by Crippen LogP contribution is -2.40. The van der Waals surface area contributed by atoms with Gasteiger partial charge in [0.1, 0.15) is 17.2 Å². The molecule has 0 aliphatic carbocycles. The molecule has 2 aliphatic heterocycles. The van der Waals surface area contributed by atoms with Gasteiger partial charge in [-0.05, 0) is 23.8 Å². The second kappa shape index (κ2) is 7.42. The maximum absolute atomic E-state index is 6.45. The van der Waals surface area contributed by atoms with E-state index in [-0.39, 0.29) is 6.04 Å². The van der Waals surface area contributed by atoms with E-state index >= 15 is 0 Å². The molecular formula is C24H22ClNO4. The summed E-state index contributed by atoms with van der Waals surface area (Å²) in [6.07, 6.45) is 0.594. The molecule has 0 amide bonds. The first-order valence-corrected chi connectivity index (χ1v) is 10.2. The molecule has 30 heavy (non-hydrogen) atoms. The molecule has 0 aromatic heterocycles. The number of rotatable bonds is 4. The van der Waals surface area contributed by atoms with Crippen molar-refractivity contribution in [1.29, 1.82) is 0 Å². The molecule has 1 N–H and O–H groups in total. The second-order valence-corrected chi connectivity index (χ2v) is 7.92. The molecule has 2 heterocycles. The topological polar surface area (TPSA) is 49.0 Å². The molecule has 2 aliphatic rings. The highest BCUT2D eigenvalue weighted by molar-refractivity contribution is 6.30. The van der Waals surface area contributed by atoms with E-state index in [1.807, 2.05) is 48.5 Å². The Morgan fingerprint density at radius 2 is 1.77 bits per heavy atom. The van der Waals surface area contributed by atoms with Gasteiger partial charge in [-0.3, -0.25) is 0 Å². The van der Waals surface area contributed by atoms with Crippen molar-refractivity contribution in [2.24, 2.45) is 0 Å². The fourth-order valence-electron chi connectivity index (χ4n) is 4.25. The lowest BCUT2D eigenvalue weighted by atomic mass is 9.89. The third kappa shape index (κ3) is 3.24. The molecule has 0 unspecified atom stereocenters. The highest BCUT2D eigenvalue weighted by atomic mass is 35.5. The van der Waals surface area contributed by atoms with E-state index in [0.29, 0.717) is 29.5 Å². The van der Waals surface area contributed by atoms with Gasteiger partial charge < -0.3 is 24.3 Å². The molecule has 0 saturated carbocycles. The minimum absolute atomic E-state index is 0.0876. The minimum atomic E-state index is -0.835. The van der Waals surface area contributed by atoms with Crippen LogP contribution in [-0.2, 0) is 17.1 Å². The number of halogens is 1. The van der Waals surface area contributed by atoms with Gasteiger partial charge in [0, 0.05) is 46.5 Å². The van der Waals surface area contributed by atoms with Crippen molar-refractivity contribution in [3.8, 4) is 17.2 Å². The molecule has 0 bridgehead atoms. The molecule has 154 valence electrons. The first-order valence-electron chi connectivity index (χ1n) is 9.80. The number of hydrogen-bond acceptors (Lipinski definition) is 5. The van der Waals surface area contributed by atoms with Crippen molar-refractivity contribution in [2.75, 3.05) is 19.5 Å². The predicted molar refractivity (Wildman–Crippen MR) is 116 cm³/mol. The van der Waals surface area contributed by atoms with Gasteiger partial charge in [-0.15, -0.1) is 0 Å². The maximum Gasteiger partial charge on any atom is 0.240 e. The molecule has 3 aromatic carbocycles. The van der Waals surface area contributed by atoms with Crippen LogP contribution in [0.1, 0.15) is 29.2 Å². The molecule has 5 nitrogen and oxygen atoms in total. The Kier molecular flexibility index (Phi) is 4.72. The van der Waals surface area contributed by atoms with Crippen LogP contribution in [0.3, 0.4) is 0 Å². The van der Waals surface area contributed by atoms with E-state index in [2.05, 4.69) is 17.4 Å². The van der Waals surface area contributed by atoms with Crippen LogP contribution in [0.4, 0.5) is 5.69 Å². The molecule has 0 fully saturated rings. The number of anilines is 1. The van der Waals surface area contributed by atoms with Crippen LogP contribution in [0.5, 0.6) is 17.2 Å². The third-order valence-corrected chi connectivity index (χ3v) is 5.91. The van der Waals surface area contributed by atoms with Crippen LogP contribution in [0.25, 0.3) is 0 Å². The average Bonchev–Trinajstić information content (AvgIpc) is 3.12. The maximum atomic E-state index is 6.45. The van der Waals surface area contributed by atoms with Crippen molar-refractivity contribution >= 4 is 17.3 Å². The zero-order valence-corrected chi connectivity index (χ0v) is 17.5. The van der Waals surface area contributed by atoms with Crippen molar-refractivity contribution in [3.05, 3.63) is 82.4 Å². The Labute approximate surface area is 180 Å². The van der Waals surface area contributed by atoms with E-state index < -0.39 is 5.79 Å². The van der Waals surface area contributed by atoms with Crippen LogP contribution in [-0.4, -0.2) is 14.2 Å². The van der Waals surface area contributed by atoms with Crippen LogP contribution < -0.4 is 19.5 Å². The first kappa shape index (κ1) is 19.1. The van der Waals surface area contributed by atoms with Gasteiger partial charge in [-0.2, -0.15) is 0 Å². The number of nitrogens with one attached hydrogen (secondary N) is 1. The number of hydrogen-bond donors (Lipinski definition) is 1. The van der Waals surface area contributed by atoms with Gasteiger partial charge in [0.15, 0.2) is 0 Å². The highest BCUT2D eigenvalue weighted by Crippen LogP contribution is 2.51. The van der Waals surface area contributed by atoms with E-state index in [4.69, 9.17) is 30.5 Å². The summed E-state index contributed by atoms with van der Waals surface area (Å²) in [5.74, 6) is 1.35. The number of benzene rings is 3. The lowest BCUT2D eigenvalue weighted by molar-refractivity contribution is -0.196. The molecule has 5 rings (SSSR count). The summed E-state index contributed by atoms with van der Waals surface area (Å²) >= 11 is 6.32. The largest absolute Gasteiger partial charge is 0.497 e. The van der Waals surface area contributed by atoms with Gasteiger partial charge in [-0.25, -0.2) is 0 Å². The summed E-state index contributed by atoms with van der Waals surface area (Å²) in [6, 6.07) is 19.5. The summed E-state index contributed by atoms with van der Waals surface area (Å²) in [4.78, 5) is 0. The fourth-order valence-corrected chi connectivity index (χ4v) is 4.43. The van der Waals surface area contributed by atoms with E-state index in [1.165, 1.54) is 0 Å². The smallest absolute Gasteiger partial charge is 0.240 e. The van der Waals surface area contributed by atoms with E-state index in [0.717, 1.165) is 28.1 Å². The zero-order chi connectivity index (χ0) is 20.7. The van der Waals surface area contributed by atoms with Crippen LogP contribution in [0.2, 0.25) is 5.02 Å². The quantitative estimate of drug-likeness (QED) is 0.585. The van der Waals surface area contributed by atoms with Crippen molar-refractivity contribution < 1.29 is 18.9 Å². The Morgan fingerprint density at radius 1 is 1.00 bits per heavy atom. The zero-order valence-electron chi connectivity index (χ0n) is 16.8. The normalized spacial score (nSPS) is 21.5. The number of methoxy groups -OCH3 is 2. The van der Waals surface area contributed by atoms with E-state index in [1.54, 1.807) is 14.2 Å². The summed E-state index contributed by atoms with van der Waals surface area (Å²) in [6.45, 7) is 0.527. The third-order valence-electron chi connectivity index (χ3n) is 5.68. The molecule has 0 radical (unpaired) electrons. The molecule has 1 spiro atoms. The van der Waals surface area contributed by atoms with Gasteiger partial charge in [0.25, 0.3) is 0 Å². The van der Waals surface area contributed by atoms with Crippen molar-refractivity contribution in [1.82, 2.24) is 0 Å². The van der Waals surface area contributed by atoms with Gasteiger partial charge in [-0.1, -0.05) is 35.9 Å². The fraction of sp³-hybridized carbons (Fsp3) is 0.250. The standard InChI is InChI=1S/C24H22ClNO4/c1-27-18-10-17(11-19(12-18)28-2)26-22-13-24(21-6-4-3-5-15(21)14-29-24)30-23-8-7-16(25)9-20(22)23/h3-12,22,26H,13-14H2,1-2H3/t22-,24+/m1/s1. The molecule has 2 atom stereocenters. The van der Waals surface area contributed by atoms with Crippen LogP contribution >= 0.6 is 11.6 Å². The Bertz CT molecular complexity index is 1080. The highest BCUT2D eigenvalue weighted by Gasteiger charge is 2.48. The number of fused-ring (bicyclic) bond motifs is 3. The summed E-state index contributed by atoms with van der Waals surface area (Å²) in [7, 11) is 3.28. The van der Waals surface area contributed by atoms with E-state index in [9.17, 15) is 0 Å². The minimum Gasteiger partial charge on any atom is -0.497 e. The second-order valence-electron chi connectivity index (χ2n) is 7.49. The summed E-state index contributed by atoms with van der Waals surface area (Å²) < 4.78 is 23.6. The van der Waals surface area contributed by atoms with Gasteiger partial charge in [0.2, 0.25) is 5.79 Å². The Balaban J connectivity index is 1.57. The predicted octanol–water partition coefficient (Wildman–Crippen LogP) is 5.68. The lowest BCUT2D eigenvalue weighted by Gasteiger charge is -2.40. The molecule has 0 saturated heterocycles. The monoisotopic (exact) mass is 423 g/mol. The molecule has 3 aromatic rings. The van der Waals surface area contributed by atoms with Crippen LogP contribution in [0, 0.1) is 0 Å². The summed E-state index contributed by atoms with van der Waals surface area (Å²) in [5, 5.41) is 4.28. The van der Waals surface area contributed by atoms with Crippen LogP contribution in [0.15, 0.2) is 60.7 Å². The first-order chi connectivity index (χ1) is 14.6. The Morgan fingerprint density at radius 3 is 2.53 bits per heavy atom.